The summed E-state index contributed by atoms with van der Waals surface area (Å²) in [7, 11) is 2.14. The van der Waals surface area contributed by atoms with E-state index in [2.05, 4.69) is 40.5 Å². The summed E-state index contributed by atoms with van der Waals surface area (Å²) in [6.45, 7) is 9.38. The van der Waals surface area contributed by atoms with Crippen molar-refractivity contribution in [3.8, 4) is 0 Å². The molecule has 3 rings (SSSR count). The molecule has 2 fully saturated rings. The van der Waals surface area contributed by atoms with Crippen LogP contribution in [-0.2, 0) is 4.74 Å². The summed E-state index contributed by atoms with van der Waals surface area (Å²) in [5.74, 6) is 1.86. The molecule has 0 aliphatic carbocycles. The Bertz CT molecular complexity index is 563. The maximum absolute atomic E-state index is 5.85. The number of nitrogens with zero attached hydrogens (tertiary/aromatic N) is 3. The first-order chi connectivity index (χ1) is 13.3. The van der Waals surface area contributed by atoms with Crippen LogP contribution in [0.5, 0.6) is 0 Å². The van der Waals surface area contributed by atoms with Crippen LogP contribution in [-0.4, -0.2) is 81.3 Å². The van der Waals surface area contributed by atoms with Crippen molar-refractivity contribution >= 4 is 29.9 Å². The minimum atomic E-state index is 0. The normalized spacial score (nSPS) is 23.1. The highest BCUT2D eigenvalue weighted by Crippen LogP contribution is 2.25. The molecule has 0 bridgehead atoms. The lowest BCUT2D eigenvalue weighted by atomic mass is 10.1. The first-order valence-electron chi connectivity index (χ1n) is 10.4. The van der Waals surface area contributed by atoms with Gasteiger partial charge < -0.3 is 24.7 Å². The van der Waals surface area contributed by atoms with Crippen molar-refractivity contribution in [3.05, 3.63) is 24.2 Å². The number of aliphatic imine (C=N–C) groups is 1. The molecule has 2 unspecified atom stereocenters. The van der Waals surface area contributed by atoms with Crippen LogP contribution in [0.1, 0.15) is 38.0 Å². The van der Waals surface area contributed by atoms with Crippen LogP contribution in [0.2, 0.25) is 0 Å². The molecule has 2 N–H and O–H groups in total. The van der Waals surface area contributed by atoms with Crippen LogP contribution in [0.25, 0.3) is 0 Å². The Hall–Kier alpha value is -0.840. The largest absolute Gasteiger partial charge is 0.468 e. The molecule has 0 spiro atoms. The summed E-state index contributed by atoms with van der Waals surface area (Å²) in [5.41, 5.74) is 0. The first kappa shape index (κ1) is 23.4. The van der Waals surface area contributed by atoms with Gasteiger partial charge >= 0.3 is 0 Å². The van der Waals surface area contributed by atoms with Crippen LogP contribution >= 0.6 is 24.0 Å². The van der Waals surface area contributed by atoms with Crippen molar-refractivity contribution in [2.45, 2.75) is 38.3 Å². The number of hydrogen-bond acceptors (Lipinski definition) is 5. The van der Waals surface area contributed by atoms with E-state index in [4.69, 9.17) is 14.1 Å². The van der Waals surface area contributed by atoms with E-state index in [-0.39, 0.29) is 36.1 Å². The van der Waals surface area contributed by atoms with E-state index < -0.39 is 0 Å². The molecule has 0 saturated carbocycles. The number of piperidine rings is 1. The second-order valence-electron chi connectivity index (χ2n) is 7.48. The van der Waals surface area contributed by atoms with Crippen molar-refractivity contribution in [2.75, 3.05) is 59.5 Å². The van der Waals surface area contributed by atoms with Gasteiger partial charge in [-0.1, -0.05) is 6.42 Å². The lowest BCUT2D eigenvalue weighted by Gasteiger charge is -2.33. The van der Waals surface area contributed by atoms with Gasteiger partial charge in [-0.25, -0.2) is 0 Å². The zero-order valence-electron chi connectivity index (χ0n) is 17.2. The molecule has 1 aromatic heterocycles. The summed E-state index contributed by atoms with van der Waals surface area (Å²) < 4.78 is 11.6. The van der Waals surface area contributed by atoms with Gasteiger partial charge in [0.25, 0.3) is 0 Å². The molecule has 2 saturated heterocycles. The van der Waals surface area contributed by atoms with Gasteiger partial charge in [-0.2, -0.15) is 0 Å². The van der Waals surface area contributed by atoms with E-state index in [1.54, 1.807) is 6.26 Å². The van der Waals surface area contributed by atoms with Gasteiger partial charge in [0.05, 0.1) is 31.6 Å². The molecule has 2 aliphatic heterocycles. The number of furan rings is 1. The van der Waals surface area contributed by atoms with Gasteiger partial charge in [-0.05, 0) is 52.0 Å². The molecule has 8 heteroatoms. The van der Waals surface area contributed by atoms with Crippen molar-refractivity contribution in [2.24, 2.45) is 4.99 Å². The maximum Gasteiger partial charge on any atom is 0.191 e. The Labute approximate surface area is 186 Å². The predicted octanol–water partition coefficient (Wildman–Crippen LogP) is 2.31. The van der Waals surface area contributed by atoms with Gasteiger partial charge in [0.2, 0.25) is 0 Å². The summed E-state index contributed by atoms with van der Waals surface area (Å²) in [6, 6.07) is 4.24. The smallest absolute Gasteiger partial charge is 0.191 e. The van der Waals surface area contributed by atoms with E-state index in [0.29, 0.717) is 6.54 Å². The highest BCUT2D eigenvalue weighted by atomic mass is 127. The zero-order valence-corrected chi connectivity index (χ0v) is 19.6. The molecule has 28 heavy (non-hydrogen) atoms. The molecule has 0 radical (unpaired) electrons. The number of guanidine groups is 1. The monoisotopic (exact) mass is 505 g/mol. The molecule has 2 atom stereocenters. The second kappa shape index (κ2) is 12.7. The summed E-state index contributed by atoms with van der Waals surface area (Å²) >= 11 is 0. The maximum atomic E-state index is 5.85. The number of hydrogen-bond donors (Lipinski definition) is 2. The van der Waals surface area contributed by atoms with E-state index in [9.17, 15) is 0 Å². The number of rotatable bonds is 7. The lowest BCUT2D eigenvalue weighted by Crippen LogP contribution is -2.48. The Morgan fingerprint density at radius 3 is 2.75 bits per heavy atom. The minimum absolute atomic E-state index is 0. The number of morpholine rings is 1. The van der Waals surface area contributed by atoms with Crippen molar-refractivity contribution in [1.29, 1.82) is 0 Å². The van der Waals surface area contributed by atoms with Crippen molar-refractivity contribution in [3.63, 3.8) is 0 Å². The van der Waals surface area contributed by atoms with Gasteiger partial charge in [-0.15, -0.1) is 24.0 Å². The van der Waals surface area contributed by atoms with Crippen LogP contribution in [0.4, 0.5) is 0 Å². The Morgan fingerprint density at radius 1 is 1.25 bits per heavy atom. The third-order valence-electron chi connectivity index (χ3n) is 5.31. The van der Waals surface area contributed by atoms with E-state index in [1.165, 1.54) is 19.3 Å². The van der Waals surface area contributed by atoms with E-state index >= 15 is 0 Å². The van der Waals surface area contributed by atoms with Crippen LogP contribution in [0.3, 0.4) is 0 Å². The SMILES string of the molecule is CCNC(=NCC(c1ccco1)N1CCCCC1)NCC1CN(C)CCO1.I. The van der Waals surface area contributed by atoms with Crippen molar-refractivity contribution < 1.29 is 9.15 Å². The molecule has 3 heterocycles. The Morgan fingerprint density at radius 2 is 2.07 bits per heavy atom. The molecule has 160 valence electrons. The lowest BCUT2D eigenvalue weighted by molar-refractivity contribution is -0.0161. The van der Waals surface area contributed by atoms with Gasteiger partial charge in [-0.3, -0.25) is 9.89 Å². The van der Waals surface area contributed by atoms with Crippen molar-refractivity contribution in [1.82, 2.24) is 20.4 Å². The quantitative estimate of drug-likeness (QED) is 0.337. The van der Waals surface area contributed by atoms with E-state index in [1.807, 2.05) is 6.07 Å². The predicted molar refractivity (Wildman–Crippen MR) is 124 cm³/mol. The molecule has 2 aliphatic rings. The fraction of sp³-hybridized carbons (Fsp3) is 0.750. The second-order valence-corrected chi connectivity index (χ2v) is 7.48. The number of likely N-dealkylation sites (tertiary alicyclic amines) is 1. The third kappa shape index (κ3) is 7.20. The molecule has 7 nitrogen and oxygen atoms in total. The fourth-order valence-electron chi connectivity index (χ4n) is 3.82. The number of nitrogens with one attached hydrogen (secondary N) is 2. The van der Waals surface area contributed by atoms with Gasteiger partial charge in [0, 0.05) is 26.2 Å². The van der Waals surface area contributed by atoms with E-state index in [0.717, 1.165) is 57.6 Å². The Balaban J connectivity index is 0.00000280. The number of likely N-dealkylation sites (N-methyl/N-ethyl adjacent to an activating group) is 1. The van der Waals surface area contributed by atoms with Gasteiger partial charge in [0.15, 0.2) is 5.96 Å². The summed E-state index contributed by atoms with van der Waals surface area (Å²) in [6.07, 6.45) is 5.80. The molecule has 0 aromatic carbocycles. The topological polar surface area (TPSA) is 65.3 Å². The third-order valence-corrected chi connectivity index (χ3v) is 5.31. The molecular formula is C20H36IN5O2. The van der Waals surface area contributed by atoms with Gasteiger partial charge in [0.1, 0.15) is 5.76 Å². The number of ether oxygens (including phenoxy) is 1. The van der Waals surface area contributed by atoms with Crippen LogP contribution in [0, 0.1) is 0 Å². The zero-order chi connectivity index (χ0) is 18.9. The Kier molecular flexibility index (Phi) is 10.6. The fourth-order valence-corrected chi connectivity index (χ4v) is 3.82. The molecule has 0 amide bonds. The van der Waals surface area contributed by atoms with Crippen LogP contribution in [0.15, 0.2) is 27.8 Å². The van der Waals surface area contributed by atoms with Crippen LogP contribution < -0.4 is 10.6 Å². The summed E-state index contributed by atoms with van der Waals surface area (Å²) in [5, 5.41) is 6.81. The average Bonchev–Trinajstić information content (AvgIpc) is 3.21. The summed E-state index contributed by atoms with van der Waals surface area (Å²) in [4.78, 5) is 9.69. The molecular weight excluding hydrogens is 469 g/mol. The minimum Gasteiger partial charge on any atom is -0.468 e. The highest BCUT2D eigenvalue weighted by Gasteiger charge is 2.24. The standard InChI is InChI=1S/C20H35N5O2.HI/c1-3-21-20(22-14-17-16-24(2)11-13-26-17)23-15-18(19-8-7-12-27-19)25-9-5-4-6-10-25;/h7-8,12,17-18H,3-6,9-11,13-16H2,1-2H3,(H2,21,22,23);1H. The number of halogens is 1. The molecule has 1 aromatic rings. The first-order valence-corrected chi connectivity index (χ1v) is 10.4. The highest BCUT2D eigenvalue weighted by molar-refractivity contribution is 14.0. The average molecular weight is 505 g/mol.